The average molecular weight is 303 g/mol. The minimum absolute atomic E-state index is 0.0104. The highest BCUT2D eigenvalue weighted by Gasteiger charge is 2.15. The number of carbonyl (C=O) groups excluding carboxylic acids is 1. The summed E-state index contributed by atoms with van der Waals surface area (Å²) in [5, 5.41) is 12.5. The van der Waals surface area contributed by atoms with Gasteiger partial charge in [0.1, 0.15) is 11.6 Å². The van der Waals surface area contributed by atoms with Gasteiger partial charge in [0.2, 0.25) is 5.91 Å². The van der Waals surface area contributed by atoms with Gasteiger partial charge in [-0.1, -0.05) is 34.8 Å². The molecule has 0 fully saturated rings. The van der Waals surface area contributed by atoms with Crippen molar-refractivity contribution in [1.82, 2.24) is 5.32 Å². The summed E-state index contributed by atoms with van der Waals surface area (Å²) < 4.78 is 0. The number of halogens is 4. The van der Waals surface area contributed by atoms with Crippen LogP contribution in [-0.2, 0) is 11.3 Å². The van der Waals surface area contributed by atoms with Crippen molar-refractivity contribution in [2.45, 2.75) is 6.54 Å². The van der Waals surface area contributed by atoms with E-state index in [9.17, 15) is 9.90 Å². The molecule has 1 rings (SSSR count). The highest BCUT2D eigenvalue weighted by Crippen LogP contribution is 2.38. The fraction of sp³-hybridized carbons (Fsp3) is 0.222. The van der Waals surface area contributed by atoms with Gasteiger partial charge in [-0.05, 0) is 6.07 Å². The van der Waals surface area contributed by atoms with Crippen LogP contribution in [0.3, 0.4) is 0 Å². The van der Waals surface area contributed by atoms with E-state index in [1.165, 1.54) is 6.07 Å². The summed E-state index contributed by atoms with van der Waals surface area (Å²) >= 11 is 22.6. The number of nitrogens with one attached hydrogen (secondary N) is 1. The van der Waals surface area contributed by atoms with Crippen molar-refractivity contribution < 1.29 is 9.90 Å². The number of benzene rings is 1. The van der Waals surface area contributed by atoms with Crippen molar-refractivity contribution in [2.75, 3.05) is 5.88 Å². The van der Waals surface area contributed by atoms with Crippen LogP contribution in [0.5, 0.6) is 5.75 Å². The first-order chi connectivity index (χ1) is 7.47. The van der Waals surface area contributed by atoms with E-state index < -0.39 is 0 Å². The summed E-state index contributed by atoms with van der Waals surface area (Å²) in [5.41, 5.74) is 0.262. The largest absolute Gasteiger partial charge is 0.506 e. The Morgan fingerprint density at radius 2 is 1.94 bits per heavy atom. The summed E-state index contributed by atoms with van der Waals surface area (Å²) in [7, 11) is 0. The topological polar surface area (TPSA) is 49.3 Å². The van der Waals surface area contributed by atoms with Gasteiger partial charge in [-0.2, -0.15) is 0 Å². The number of alkyl halides is 1. The van der Waals surface area contributed by atoms with Gasteiger partial charge in [0.15, 0.2) is 0 Å². The summed E-state index contributed by atoms with van der Waals surface area (Å²) in [6.45, 7) is 0.0104. The predicted molar refractivity (Wildman–Crippen MR) is 65.7 cm³/mol. The number of aromatic hydroxyl groups is 1. The molecule has 0 aliphatic carbocycles. The van der Waals surface area contributed by atoms with E-state index in [4.69, 9.17) is 46.4 Å². The summed E-state index contributed by atoms with van der Waals surface area (Å²) in [6.07, 6.45) is 0. The highest BCUT2D eigenvalue weighted by molar-refractivity contribution is 6.44. The zero-order chi connectivity index (χ0) is 12.3. The summed E-state index contributed by atoms with van der Waals surface area (Å²) in [5.74, 6) is -0.758. The maximum Gasteiger partial charge on any atom is 0.235 e. The van der Waals surface area contributed by atoms with Crippen LogP contribution in [0.15, 0.2) is 6.07 Å². The second-order valence-electron chi connectivity index (χ2n) is 2.89. The predicted octanol–water partition coefficient (Wildman–Crippen LogP) is 3.21. The number of hydrogen-bond donors (Lipinski definition) is 2. The Kier molecular flexibility index (Phi) is 4.99. The molecule has 1 aromatic rings. The van der Waals surface area contributed by atoms with Crippen molar-refractivity contribution >= 4 is 52.3 Å². The molecular weight excluding hydrogens is 296 g/mol. The lowest BCUT2D eigenvalue weighted by atomic mass is 10.2. The lowest BCUT2D eigenvalue weighted by Crippen LogP contribution is -2.23. The molecule has 0 spiro atoms. The average Bonchev–Trinajstić information content (AvgIpc) is 2.26. The third-order valence-electron chi connectivity index (χ3n) is 1.82. The quantitative estimate of drug-likeness (QED) is 0.665. The Labute approximate surface area is 112 Å². The van der Waals surface area contributed by atoms with Crippen molar-refractivity contribution in [2.24, 2.45) is 0 Å². The van der Waals surface area contributed by atoms with Gasteiger partial charge in [0, 0.05) is 12.1 Å². The molecule has 0 aliphatic rings. The molecule has 0 saturated carbocycles. The molecule has 7 heteroatoms. The van der Waals surface area contributed by atoms with Crippen LogP contribution in [0, 0.1) is 0 Å². The van der Waals surface area contributed by atoms with Gasteiger partial charge in [0.25, 0.3) is 0 Å². The zero-order valence-electron chi connectivity index (χ0n) is 7.86. The standard InChI is InChI=1S/C9H7Cl4NO2/c10-2-7(15)14-3-4-8(13)5(11)1-6(12)9(4)16/h1,16H,2-3H2,(H,14,15). The summed E-state index contributed by atoms with van der Waals surface area (Å²) in [4.78, 5) is 10.9. The molecule has 2 N–H and O–H groups in total. The van der Waals surface area contributed by atoms with Gasteiger partial charge >= 0.3 is 0 Å². The lowest BCUT2D eigenvalue weighted by molar-refractivity contribution is -0.118. The van der Waals surface area contributed by atoms with Gasteiger partial charge in [-0.15, -0.1) is 11.6 Å². The third-order valence-corrected chi connectivity index (χ3v) is 3.18. The number of hydrogen-bond acceptors (Lipinski definition) is 2. The molecule has 0 atom stereocenters. The van der Waals surface area contributed by atoms with Crippen LogP contribution in [0.4, 0.5) is 0 Å². The molecular formula is C9H7Cl4NO2. The van der Waals surface area contributed by atoms with E-state index in [2.05, 4.69) is 5.32 Å². The molecule has 0 bridgehead atoms. The van der Waals surface area contributed by atoms with Gasteiger partial charge < -0.3 is 10.4 Å². The smallest absolute Gasteiger partial charge is 0.235 e. The maximum absolute atomic E-state index is 10.9. The molecule has 3 nitrogen and oxygen atoms in total. The monoisotopic (exact) mass is 301 g/mol. The minimum atomic E-state index is -0.381. The van der Waals surface area contributed by atoms with Crippen molar-refractivity contribution in [3.05, 3.63) is 26.7 Å². The SMILES string of the molecule is O=C(CCl)NCc1c(O)c(Cl)cc(Cl)c1Cl. The first-order valence-electron chi connectivity index (χ1n) is 4.15. The van der Waals surface area contributed by atoms with Gasteiger partial charge in [-0.25, -0.2) is 0 Å². The Morgan fingerprint density at radius 1 is 1.31 bits per heavy atom. The zero-order valence-corrected chi connectivity index (χ0v) is 10.9. The molecule has 0 aromatic heterocycles. The minimum Gasteiger partial charge on any atom is -0.506 e. The van der Waals surface area contributed by atoms with Gasteiger partial charge in [-0.3, -0.25) is 4.79 Å². The molecule has 16 heavy (non-hydrogen) atoms. The molecule has 0 unspecified atom stereocenters. The third kappa shape index (κ3) is 3.08. The number of amides is 1. The van der Waals surface area contributed by atoms with Crippen molar-refractivity contribution in [3.8, 4) is 5.75 Å². The molecule has 0 saturated heterocycles. The Morgan fingerprint density at radius 3 is 2.50 bits per heavy atom. The molecule has 1 aromatic carbocycles. The van der Waals surface area contributed by atoms with E-state index in [-0.39, 0.29) is 44.7 Å². The Bertz CT molecular complexity index is 396. The van der Waals surface area contributed by atoms with Crippen LogP contribution in [0.25, 0.3) is 0 Å². The van der Waals surface area contributed by atoms with E-state index in [1.54, 1.807) is 0 Å². The normalized spacial score (nSPS) is 10.2. The lowest BCUT2D eigenvalue weighted by Gasteiger charge is -2.10. The first kappa shape index (κ1) is 13.7. The van der Waals surface area contributed by atoms with Crippen LogP contribution >= 0.6 is 46.4 Å². The maximum atomic E-state index is 10.9. The van der Waals surface area contributed by atoms with Crippen LogP contribution in [0.2, 0.25) is 15.1 Å². The second-order valence-corrected chi connectivity index (χ2v) is 4.35. The van der Waals surface area contributed by atoms with E-state index in [0.29, 0.717) is 0 Å². The van der Waals surface area contributed by atoms with Crippen LogP contribution in [0.1, 0.15) is 5.56 Å². The number of carbonyl (C=O) groups is 1. The van der Waals surface area contributed by atoms with E-state index in [0.717, 1.165) is 0 Å². The van der Waals surface area contributed by atoms with E-state index >= 15 is 0 Å². The number of phenols is 1. The van der Waals surface area contributed by atoms with Crippen LogP contribution in [-0.4, -0.2) is 16.9 Å². The van der Waals surface area contributed by atoms with Crippen molar-refractivity contribution in [3.63, 3.8) is 0 Å². The molecule has 0 radical (unpaired) electrons. The Balaban J connectivity index is 2.99. The Hall–Kier alpha value is -0.350. The van der Waals surface area contributed by atoms with Crippen molar-refractivity contribution in [1.29, 1.82) is 0 Å². The fourth-order valence-electron chi connectivity index (χ4n) is 1.03. The van der Waals surface area contributed by atoms with Crippen LogP contribution < -0.4 is 5.32 Å². The fourth-order valence-corrected chi connectivity index (χ4v) is 1.84. The number of phenolic OH excluding ortho intramolecular Hbond substituents is 1. The first-order valence-corrected chi connectivity index (χ1v) is 5.82. The molecule has 88 valence electrons. The second kappa shape index (κ2) is 5.82. The summed E-state index contributed by atoms with van der Waals surface area (Å²) in [6, 6.07) is 1.33. The molecule has 0 heterocycles. The number of rotatable bonds is 3. The van der Waals surface area contributed by atoms with E-state index in [1.807, 2.05) is 0 Å². The molecule has 0 aliphatic heterocycles. The molecule has 1 amide bonds. The highest BCUT2D eigenvalue weighted by atomic mass is 35.5. The van der Waals surface area contributed by atoms with Gasteiger partial charge in [0.05, 0.1) is 15.1 Å².